The first-order valence-corrected chi connectivity index (χ1v) is 32.0. The summed E-state index contributed by atoms with van der Waals surface area (Å²) in [7, 11) is 0. The highest BCUT2D eigenvalue weighted by Gasteiger charge is 2.33. The largest absolute Gasteiger partial charge is 0.395 e. The van der Waals surface area contributed by atoms with E-state index in [1.165, 1.54) is 154 Å². The second-order valence-corrected chi connectivity index (χ2v) is 22.4. The van der Waals surface area contributed by atoms with E-state index in [4.69, 9.17) is 9.47 Å². The van der Waals surface area contributed by atoms with Gasteiger partial charge in [-0.3, -0.25) is 19.2 Å². The molecule has 0 saturated carbocycles. The lowest BCUT2D eigenvalue weighted by atomic mass is 9.99. The molecule has 2 atom stereocenters. The number of hydrogen-bond acceptors (Lipinski definition) is 10. The Kier molecular flexibility index (Phi) is 54.2. The average molecular weight is 1080 g/mol. The number of unbranched alkanes of at least 4 members (excludes halogenated alkanes) is 28. The lowest BCUT2D eigenvalue weighted by Gasteiger charge is -2.34. The van der Waals surface area contributed by atoms with Gasteiger partial charge in [-0.1, -0.05) is 221 Å². The van der Waals surface area contributed by atoms with Gasteiger partial charge in [-0.25, -0.2) is 0 Å². The second-order valence-electron chi connectivity index (χ2n) is 22.4. The van der Waals surface area contributed by atoms with E-state index in [0.717, 1.165) is 38.5 Å². The monoisotopic (exact) mass is 1080 g/mol. The zero-order chi connectivity index (χ0) is 56.0. The van der Waals surface area contributed by atoms with Crippen molar-refractivity contribution in [2.45, 2.75) is 272 Å². The molecule has 14 heteroatoms. The highest BCUT2D eigenvalue weighted by Crippen LogP contribution is 2.20. The van der Waals surface area contributed by atoms with Crippen LogP contribution in [0.1, 0.15) is 260 Å². The van der Waals surface area contributed by atoms with E-state index in [0.29, 0.717) is 104 Å². The van der Waals surface area contributed by atoms with Crippen LogP contribution in [0.4, 0.5) is 0 Å². The Morgan fingerprint density at radius 2 is 0.645 bits per heavy atom. The Labute approximate surface area is 467 Å². The van der Waals surface area contributed by atoms with Crippen molar-refractivity contribution in [2.75, 3.05) is 92.0 Å². The first-order chi connectivity index (χ1) is 37.1. The summed E-state index contributed by atoms with van der Waals surface area (Å²) < 4.78 is 11.6. The molecule has 2 unspecified atom stereocenters. The van der Waals surface area contributed by atoms with Crippen LogP contribution in [0, 0.1) is 11.8 Å². The molecule has 0 aliphatic rings. The Balaban J connectivity index is 4.77. The third-order valence-corrected chi connectivity index (χ3v) is 14.6. The standard InChI is InChI=1S/C62H124N6O8/c1-7-9-11-13-15-17-19-21-23-25-27-29-31-33-35-39-57(71)67(47-37-41-63-43-49-69)59(55(3)4)61(73)65-45-51-75-53-54-76-52-46-66-62(74)60(56(5)6)68(48-38-42-64-44-50-70)58(72)40-36-34-32-30-28-26-24-22-20-18-16-14-12-10-8-2/h55-56,59-60,63-64,69-70H,7-54H2,1-6H3,(H,65,73)(H,66,74). The van der Waals surface area contributed by atoms with Gasteiger partial charge in [-0.2, -0.15) is 0 Å². The Morgan fingerprint density at radius 3 is 0.908 bits per heavy atom. The summed E-state index contributed by atoms with van der Waals surface area (Å²) in [4.78, 5) is 58.3. The van der Waals surface area contributed by atoms with Crippen molar-refractivity contribution in [3.05, 3.63) is 0 Å². The van der Waals surface area contributed by atoms with Gasteiger partial charge in [0.05, 0.1) is 39.6 Å². The average Bonchev–Trinajstić information content (AvgIpc) is 3.40. The van der Waals surface area contributed by atoms with Crippen LogP contribution in [0.3, 0.4) is 0 Å². The fourth-order valence-electron chi connectivity index (χ4n) is 10.2. The highest BCUT2D eigenvalue weighted by molar-refractivity contribution is 5.88. The predicted octanol–water partition coefficient (Wildman–Crippen LogP) is 11.4. The maximum absolute atomic E-state index is 13.7. The first-order valence-electron chi connectivity index (χ1n) is 32.0. The van der Waals surface area contributed by atoms with E-state index in [1.54, 1.807) is 9.80 Å². The number of amides is 4. The number of rotatable bonds is 59. The van der Waals surface area contributed by atoms with Gasteiger partial charge in [0.2, 0.25) is 23.6 Å². The highest BCUT2D eigenvalue weighted by atomic mass is 16.5. The number of aliphatic hydroxyl groups is 2. The van der Waals surface area contributed by atoms with E-state index >= 15 is 0 Å². The summed E-state index contributed by atoms with van der Waals surface area (Å²) in [6, 6.07) is -1.18. The van der Waals surface area contributed by atoms with Crippen LogP contribution in [-0.4, -0.2) is 148 Å². The Bertz CT molecular complexity index is 1210. The molecule has 0 aromatic rings. The van der Waals surface area contributed by atoms with Crippen LogP contribution in [0.15, 0.2) is 0 Å². The van der Waals surface area contributed by atoms with Crippen molar-refractivity contribution < 1.29 is 38.9 Å². The molecule has 14 nitrogen and oxygen atoms in total. The molecule has 0 aliphatic heterocycles. The van der Waals surface area contributed by atoms with Crippen molar-refractivity contribution >= 4 is 23.6 Å². The third-order valence-electron chi connectivity index (χ3n) is 14.6. The minimum atomic E-state index is -0.589. The second kappa shape index (κ2) is 55.9. The lowest BCUT2D eigenvalue weighted by Crippen LogP contribution is -2.53. The van der Waals surface area contributed by atoms with Gasteiger partial charge in [0, 0.05) is 52.1 Å². The minimum absolute atomic E-state index is 0.0225. The molecule has 450 valence electrons. The maximum atomic E-state index is 13.7. The van der Waals surface area contributed by atoms with Crippen molar-refractivity contribution in [3.8, 4) is 0 Å². The number of ether oxygens (including phenoxy) is 2. The topological polar surface area (TPSA) is 182 Å². The normalized spacial score (nSPS) is 12.4. The number of aliphatic hydroxyl groups excluding tert-OH is 2. The van der Waals surface area contributed by atoms with E-state index < -0.39 is 12.1 Å². The van der Waals surface area contributed by atoms with Crippen molar-refractivity contribution in [3.63, 3.8) is 0 Å². The number of carbonyl (C=O) groups excluding carboxylic acids is 4. The van der Waals surface area contributed by atoms with Crippen molar-refractivity contribution in [1.29, 1.82) is 0 Å². The molecule has 0 aromatic heterocycles. The van der Waals surface area contributed by atoms with Gasteiger partial charge < -0.3 is 50.8 Å². The molecule has 0 rings (SSSR count). The molecule has 76 heavy (non-hydrogen) atoms. The van der Waals surface area contributed by atoms with Crippen molar-refractivity contribution in [2.24, 2.45) is 11.8 Å². The van der Waals surface area contributed by atoms with Gasteiger partial charge in [-0.15, -0.1) is 0 Å². The molecule has 0 fully saturated rings. The lowest BCUT2D eigenvalue weighted by molar-refractivity contribution is -0.142. The summed E-state index contributed by atoms with van der Waals surface area (Å²) >= 11 is 0. The van der Waals surface area contributed by atoms with Gasteiger partial charge in [0.25, 0.3) is 0 Å². The SMILES string of the molecule is CCCCCCCCCCCCCCCCCC(=O)N(CCCNCCO)C(C(=O)NCCOCCOCCNC(=O)C(C(C)C)N(CCCNCCO)C(=O)CCCCCCCCCCCCCCCCC)C(C)C. The van der Waals surface area contributed by atoms with Gasteiger partial charge in [-0.05, 0) is 50.6 Å². The molecule has 0 aromatic carbocycles. The first kappa shape index (κ1) is 73.6. The van der Waals surface area contributed by atoms with Crippen LogP contribution in [0.25, 0.3) is 0 Å². The quantitative estimate of drug-likeness (QED) is 0.0321. The van der Waals surface area contributed by atoms with Crippen LogP contribution in [0.5, 0.6) is 0 Å². The van der Waals surface area contributed by atoms with E-state index in [1.807, 2.05) is 27.7 Å². The summed E-state index contributed by atoms with van der Waals surface area (Å²) in [5, 5.41) is 30.8. The van der Waals surface area contributed by atoms with E-state index in [-0.39, 0.29) is 48.7 Å². The number of hydrogen-bond donors (Lipinski definition) is 6. The third kappa shape index (κ3) is 43.5. The van der Waals surface area contributed by atoms with Gasteiger partial charge in [0.1, 0.15) is 12.1 Å². The predicted molar refractivity (Wildman–Crippen MR) is 317 cm³/mol. The molecule has 0 bridgehead atoms. The number of nitrogens with one attached hydrogen (secondary N) is 4. The zero-order valence-corrected chi connectivity index (χ0v) is 50.5. The smallest absolute Gasteiger partial charge is 0.243 e. The molecule has 6 N–H and O–H groups in total. The summed E-state index contributed by atoms with van der Waals surface area (Å²) in [6.45, 7) is 17.7. The fraction of sp³-hybridized carbons (Fsp3) is 0.935. The molecule has 0 heterocycles. The van der Waals surface area contributed by atoms with Crippen LogP contribution in [-0.2, 0) is 28.7 Å². The van der Waals surface area contributed by atoms with Crippen molar-refractivity contribution in [1.82, 2.24) is 31.1 Å². The molecule has 4 amide bonds. The molecular weight excluding hydrogens is 957 g/mol. The molecule has 0 radical (unpaired) electrons. The van der Waals surface area contributed by atoms with Crippen LogP contribution >= 0.6 is 0 Å². The van der Waals surface area contributed by atoms with E-state index in [2.05, 4.69) is 35.1 Å². The molecular formula is C62H124N6O8. The summed E-state index contributed by atoms with van der Waals surface area (Å²) in [5.41, 5.74) is 0. The number of carbonyl (C=O) groups is 4. The van der Waals surface area contributed by atoms with Gasteiger partial charge >= 0.3 is 0 Å². The summed E-state index contributed by atoms with van der Waals surface area (Å²) in [5.74, 6) is -0.464. The number of nitrogens with zero attached hydrogens (tertiary/aromatic N) is 2. The Morgan fingerprint density at radius 1 is 0.368 bits per heavy atom. The fourth-order valence-corrected chi connectivity index (χ4v) is 10.2. The molecule has 0 saturated heterocycles. The van der Waals surface area contributed by atoms with Crippen LogP contribution in [0.2, 0.25) is 0 Å². The Hall–Kier alpha value is -2.36. The molecule has 0 aliphatic carbocycles. The van der Waals surface area contributed by atoms with Crippen LogP contribution < -0.4 is 21.3 Å². The van der Waals surface area contributed by atoms with E-state index in [9.17, 15) is 29.4 Å². The summed E-state index contributed by atoms with van der Waals surface area (Å²) in [6.07, 6.45) is 40.3. The maximum Gasteiger partial charge on any atom is 0.243 e. The zero-order valence-electron chi connectivity index (χ0n) is 50.5. The van der Waals surface area contributed by atoms with Gasteiger partial charge in [0.15, 0.2) is 0 Å². The molecule has 0 spiro atoms. The minimum Gasteiger partial charge on any atom is -0.395 e.